The Hall–Kier alpha value is -1.55. The maximum absolute atomic E-state index is 12.5. The average Bonchev–Trinajstić information content (AvgIpc) is 2.58. The number of amides is 1. The highest BCUT2D eigenvalue weighted by molar-refractivity contribution is 6.35. The summed E-state index contributed by atoms with van der Waals surface area (Å²) in [6, 6.07) is 15.7. The van der Waals surface area contributed by atoms with E-state index < -0.39 is 0 Å². The molecule has 3 nitrogen and oxygen atoms in total. The van der Waals surface area contributed by atoms with Crippen molar-refractivity contribution < 1.29 is 4.79 Å². The van der Waals surface area contributed by atoms with E-state index in [4.69, 9.17) is 23.2 Å². The van der Waals surface area contributed by atoms with Gasteiger partial charge in [0.05, 0.1) is 6.54 Å². The summed E-state index contributed by atoms with van der Waals surface area (Å²) >= 11 is 12.1. The molecular weight excluding hydrogens is 355 g/mol. The second kappa shape index (κ2) is 9.81. The summed E-state index contributed by atoms with van der Waals surface area (Å²) < 4.78 is 0. The van der Waals surface area contributed by atoms with Gasteiger partial charge in [0.25, 0.3) is 0 Å². The Morgan fingerprint density at radius 3 is 2.48 bits per heavy atom. The molecule has 0 aliphatic heterocycles. The quantitative estimate of drug-likeness (QED) is 0.682. The van der Waals surface area contributed by atoms with Gasteiger partial charge in [0.2, 0.25) is 5.91 Å². The van der Waals surface area contributed by atoms with Gasteiger partial charge in [-0.1, -0.05) is 59.6 Å². The third-order valence-corrected chi connectivity index (χ3v) is 4.59. The highest BCUT2D eigenvalue weighted by Crippen LogP contribution is 2.21. The molecule has 2 aromatic rings. The lowest BCUT2D eigenvalue weighted by molar-refractivity contribution is -0.132. The lowest BCUT2D eigenvalue weighted by Crippen LogP contribution is -2.42. The number of halogens is 2. The minimum absolute atomic E-state index is 0.0982. The van der Waals surface area contributed by atoms with Gasteiger partial charge < -0.3 is 10.2 Å². The van der Waals surface area contributed by atoms with Crippen LogP contribution in [0.15, 0.2) is 48.5 Å². The predicted molar refractivity (Wildman–Crippen MR) is 105 cm³/mol. The standard InChI is InChI=1S/C20H24Cl2N2O/c1-15(2)24(14-16-6-4-3-5-7-16)20(25)13-23-11-10-17-8-9-18(21)12-19(17)22/h3-9,12,15,23H,10-11,13-14H2,1-2H3. The highest BCUT2D eigenvalue weighted by atomic mass is 35.5. The molecule has 2 rings (SSSR count). The third-order valence-electron chi connectivity index (χ3n) is 4.00. The van der Waals surface area contributed by atoms with Crippen LogP contribution in [0.1, 0.15) is 25.0 Å². The van der Waals surface area contributed by atoms with Crippen LogP contribution in [0.3, 0.4) is 0 Å². The molecule has 0 bridgehead atoms. The molecule has 0 atom stereocenters. The number of rotatable bonds is 8. The Balaban J connectivity index is 1.82. The van der Waals surface area contributed by atoms with Gasteiger partial charge in [-0.3, -0.25) is 4.79 Å². The fourth-order valence-corrected chi connectivity index (χ4v) is 3.09. The summed E-state index contributed by atoms with van der Waals surface area (Å²) in [5.74, 6) is 0.0982. The van der Waals surface area contributed by atoms with Crippen LogP contribution in [0.4, 0.5) is 0 Å². The summed E-state index contributed by atoms with van der Waals surface area (Å²) in [5, 5.41) is 4.50. The van der Waals surface area contributed by atoms with Crippen LogP contribution < -0.4 is 5.32 Å². The van der Waals surface area contributed by atoms with Crippen molar-refractivity contribution in [3.63, 3.8) is 0 Å². The van der Waals surface area contributed by atoms with E-state index in [0.717, 1.165) is 17.5 Å². The van der Waals surface area contributed by atoms with Crippen molar-refractivity contribution in [2.45, 2.75) is 32.9 Å². The monoisotopic (exact) mass is 378 g/mol. The second-order valence-corrected chi connectivity index (χ2v) is 7.11. The zero-order chi connectivity index (χ0) is 18.2. The molecule has 0 spiro atoms. The maximum Gasteiger partial charge on any atom is 0.237 e. The van der Waals surface area contributed by atoms with E-state index in [1.54, 1.807) is 6.07 Å². The highest BCUT2D eigenvalue weighted by Gasteiger charge is 2.16. The van der Waals surface area contributed by atoms with E-state index in [0.29, 0.717) is 29.7 Å². The van der Waals surface area contributed by atoms with Crippen molar-refractivity contribution in [2.24, 2.45) is 0 Å². The van der Waals surface area contributed by atoms with E-state index in [2.05, 4.69) is 5.32 Å². The fourth-order valence-electron chi connectivity index (χ4n) is 2.58. The van der Waals surface area contributed by atoms with Gasteiger partial charge in [0.1, 0.15) is 0 Å². The van der Waals surface area contributed by atoms with Crippen LogP contribution in [-0.4, -0.2) is 29.9 Å². The number of hydrogen-bond donors (Lipinski definition) is 1. The van der Waals surface area contributed by atoms with Crippen LogP contribution >= 0.6 is 23.2 Å². The molecule has 0 aromatic heterocycles. The molecule has 0 fully saturated rings. The first-order valence-electron chi connectivity index (χ1n) is 8.45. The van der Waals surface area contributed by atoms with Crippen molar-refractivity contribution in [1.29, 1.82) is 0 Å². The van der Waals surface area contributed by atoms with Gasteiger partial charge in [-0.2, -0.15) is 0 Å². The van der Waals surface area contributed by atoms with Crippen LogP contribution in [0.5, 0.6) is 0 Å². The molecule has 134 valence electrons. The Bertz CT molecular complexity index is 689. The summed E-state index contributed by atoms with van der Waals surface area (Å²) in [7, 11) is 0. The van der Waals surface area contributed by atoms with Crippen LogP contribution in [0, 0.1) is 0 Å². The molecule has 0 saturated heterocycles. The number of benzene rings is 2. The molecule has 0 aliphatic carbocycles. The zero-order valence-electron chi connectivity index (χ0n) is 14.6. The first-order valence-corrected chi connectivity index (χ1v) is 9.21. The molecule has 1 amide bonds. The van der Waals surface area contributed by atoms with E-state index >= 15 is 0 Å². The number of carbonyl (C=O) groups is 1. The smallest absolute Gasteiger partial charge is 0.237 e. The van der Waals surface area contributed by atoms with Crippen LogP contribution in [-0.2, 0) is 17.8 Å². The lowest BCUT2D eigenvalue weighted by Gasteiger charge is -2.27. The van der Waals surface area contributed by atoms with E-state index in [1.165, 1.54) is 0 Å². The molecule has 0 unspecified atom stereocenters. The Labute approximate surface area is 159 Å². The first-order chi connectivity index (χ1) is 12.0. The minimum Gasteiger partial charge on any atom is -0.335 e. The summed E-state index contributed by atoms with van der Waals surface area (Å²) in [4.78, 5) is 14.4. The normalized spacial score (nSPS) is 10.9. The van der Waals surface area contributed by atoms with Crippen molar-refractivity contribution in [2.75, 3.05) is 13.1 Å². The Morgan fingerprint density at radius 2 is 1.84 bits per heavy atom. The van der Waals surface area contributed by atoms with Gasteiger partial charge in [-0.05, 0) is 50.1 Å². The Kier molecular flexibility index (Phi) is 7.76. The van der Waals surface area contributed by atoms with Crippen molar-refractivity contribution in [1.82, 2.24) is 10.2 Å². The third kappa shape index (κ3) is 6.35. The largest absolute Gasteiger partial charge is 0.335 e. The second-order valence-electron chi connectivity index (χ2n) is 6.26. The topological polar surface area (TPSA) is 32.3 Å². The predicted octanol–water partition coefficient (Wildman–Crippen LogP) is 4.56. The average molecular weight is 379 g/mol. The van der Waals surface area contributed by atoms with Crippen LogP contribution in [0.25, 0.3) is 0 Å². The summed E-state index contributed by atoms with van der Waals surface area (Å²) in [5.41, 5.74) is 2.16. The Morgan fingerprint density at radius 1 is 1.12 bits per heavy atom. The number of hydrogen-bond acceptors (Lipinski definition) is 2. The van der Waals surface area contributed by atoms with Crippen molar-refractivity contribution >= 4 is 29.1 Å². The lowest BCUT2D eigenvalue weighted by atomic mass is 10.1. The van der Waals surface area contributed by atoms with Gasteiger partial charge in [0.15, 0.2) is 0 Å². The molecule has 2 aromatic carbocycles. The van der Waals surface area contributed by atoms with Gasteiger partial charge in [0, 0.05) is 22.6 Å². The number of nitrogens with zero attached hydrogens (tertiary/aromatic N) is 1. The fraction of sp³-hybridized carbons (Fsp3) is 0.350. The number of carbonyl (C=O) groups excluding carboxylic acids is 1. The van der Waals surface area contributed by atoms with Crippen LogP contribution in [0.2, 0.25) is 10.0 Å². The summed E-state index contributed by atoms with van der Waals surface area (Å²) in [6.07, 6.45) is 0.754. The number of nitrogens with one attached hydrogen (secondary N) is 1. The van der Waals surface area contributed by atoms with E-state index in [1.807, 2.05) is 61.2 Å². The first kappa shape index (κ1) is 19.8. The SMILES string of the molecule is CC(C)N(Cc1ccccc1)C(=O)CNCCc1ccc(Cl)cc1Cl. The molecule has 0 aliphatic rings. The minimum atomic E-state index is 0.0982. The van der Waals surface area contributed by atoms with E-state index in [-0.39, 0.29) is 11.9 Å². The molecule has 0 heterocycles. The molecule has 0 saturated carbocycles. The van der Waals surface area contributed by atoms with Gasteiger partial charge >= 0.3 is 0 Å². The molecule has 1 N–H and O–H groups in total. The summed E-state index contributed by atoms with van der Waals surface area (Å²) in [6.45, 7) is 5.70. The van der Waals surface area contributed by atoms with E-state index in [9.17, 15) is 4.79 Å². The van der Waals surface area contributed by atoms with Gasteiger partial charge in [-0.25, -0.2) is 0 Å². The maximum atomic E-state index is 12.5. The molecule has 0 radical (unpaired) electrons. The van der Waals surface area contributed by atoms with Crippen molar-refractivity contribution in [3.05, 3.63) is 69.7 Å². The van der Waals surface area contributed by atoms with Crippen molar-refractivity contribution in [3.8, 4) is 0 Å². The molecule has 5 heteroatoms. The zero-order valence-corrected chi connectivity index (χ0v) is 16.1. The molecule has 25 heavy (non-hydrogen) atoms. The molecular formula is C20H24Cl2N2O. The van der Waals surface area contributed by atoms with Gasteiger partial charge in [-0.15, -0.1) is 0 Å².